The fraction of sp³-hybridized carbons (Fsp3) is 0.273. The molecule has 0 aliphatic carbocycles. The number of anilines is 1. The van der Waals surface area contributed by atoms with Crippen LogP contribution >= 0.6 is 0 Å². The van der Waals surface area contributed by atoms with Gasteiger partial charge in [-0.1, -0.05) is 0 Å². The van der Waals surface area contributed by atoms with Crippen LogP contribution in [0.5, 0.6) is 0 Å². The standard InChI is InChI=1S/C11H13FN4/c12-7-3-4-8-9(6-7)15-10(2-1-5-13)16-11(8)14/h3-4,6H,1-2,5,13H2,(H2,14,15,16). The van der Waals surface area contributed by atoms with E-state index in [0.29, 0.717) is 35.5 Å². The number of aryl methyl sites for hydroxylation is 1. The van der Waals surface area contributed by atoms with Crippen molar-refractivity contribution in [1.82, 2.24) is 9.97 Å². The summed E-state index contributed by atoms with van der Waals surface area (Å²) < 4.78 is 13.0. The van der Waals surface area contributed by atoms with Crippen molar-refractivity contribution in [3.8, 4) is 0 Å². The van der Waals surface area contributed by atoms with Crippen molar-refractivity contribution >= 4 is 16.7 Å². The highest BCUT2D eigenvalue weighted by Gasteiger charge is 2.05. The molecule has 1 aromatic heterocycles. The fourth-order valence-electron chi connectivity index (χ4n) is 1.55. The number of benzene rings is 1. The maximum absolute atomic E-state index is 13.0. The molecule has 16 heavy (non-hydrogen) atoms. The van der Waals surface area contributed by atoms with E-state index < -0.39 is 0 Å². The molecule has 0 fully saturated rings. The Labute approximate surface area is 92.5 Å². The number of nitrogens with zero attached hydrogens (tertiary/aromatic N) is 2. The van der Waals surface area contributed by atoms with E-state index in [4.69, 9.17) is 11.5 Å². The number of nitrogen functional groups attached to an aromatic ring is 1. The topological polar surface area (TPSA) is 77.8 Å². The van der Waals surface area contributed by atoms with Crippen molar-refractivity contribution in [3.63, 3.8) is 0 Å². The van der Waals surface area contributed by atoms with Crippen molar-refractivity contribution in [2.24, 2.45) is 5.73 Å². The molecule has 0 unspecified atom stereocenters. The lowest BCUT2D eigenvalue weighted by Crippen LogP contribution is -2.05. The van der Waals surface area contributed by atoms with Crippen LogP contribution in [0, 0.1) is 5.82 Å². The van der Waals surface area contributed by atoms with Gasteiger partial charge in [0.15, 0.2) is 0 Å². The third-order valence-electron chi connectivity index (χ3n) is 2.34. The number of hydrogen-bond donors (Lipinski definition) is 2. The zero-order valence-corrected chi connectivity index (χ0v) is 8.78. The lowest BCUT2D eigenvalue weighted by molar-refractivity contribution is 0.629. The Bertz CT molecular complexity index is 513. The molecule has 0 aliphatic heterocycles. The maximum atomic E-state index is 13.0. The number of aromatic nitrogens is 2. The van der Waals surface area contributed by atoms with E-state index in [1.54, 1.807) is 6.07 Å². The molecule has 1 heterocycles. The summed E-state index contributed by atoms with van der Waals surface area (Å²) in [5.74, 6) is 0.674. The Balaban J connectivity index is 2.47. The van der Waals surface area contributed by atoms with Crippen molar-refractivity contribution in [2.45, 2.75) is 12.8 Å². The number of hydrogen-bond acceptors (Lipinski definition) is 4. The fourth-order valence-corrected chi connectivity index (χ4v) is 1.55. The molecular formula is C11H13FN4. The van der Waals surface area contributed by atoms with Crippen LogP contribution in [-0.4, -0.2) is 16.5 Å². The molecule has 0 atom stereocenters. The van der Waals surface area contributed by atoms with E-state index in [-0.39, 0.29) is 5.82 Å². The predicted molar refractivity (Wildman–Crippen MR) is 61.3 cm³/mol. The smallest absolute Gasteiger partial charge is 0.135 e. The van der Waals surface area contributed by atoms with Gasteiger partial charge in [0.05, 0.1) is 5.52 Å². The van der Waals surface area contributed by atoms with E-state index in [1.807, 2.05) is 0 Å². The molecule has 0 saturated heterocycles. The summed E-state index contributed by atoms with van der Waals surface area (Å²) in [6, 6.07) is 4.30. The maximum Gasteiger partial charge on any atom is 0.135 e. The average Bonchev–Trinajstić information content (AvgIpc) is 2.25. The molecule has 4 nitrogen and oxygen atoms in total. The SMILES string of the molecule is NCCCc1nc(N)c2ccc(F)cc2n1. The highest BCUT2D eigenvalue weighted by atomic mass is 19.1. The Kier molecular flexibility index (Phi) is 2.96. The third kappa shape index (κ3) is 2.09. The first-order valence-corrected chi connectivity index (χ1v) is 5.12. The Hall–Kier alpha value is -1.75. The highest BCUT2D eigenvalue weighted by Crippen LogP contribution is 2.18. The van der Waals surface area contributed by atoms with Crippen LogP contribution in [0.2, 0.25) is 0 Å². The number of rotatable bonds is 3. The van der Waals surface area contributed by atoms with Crippen molar-refractivity contribution in [1.29, 1.82) is 0 Å². The van der Waals surface area contributed by atoms with Gasteiger partial charge < -0.3 is 11.5 Å². The summed E-state index contributed by atoms with van der Waals surface area (Å²) >= 11 is 0. The van der Waals surface area contributed by atoms with Gasteiger partial charge in [-0.3, -0.25) is 0 Å². The minimum absolute atomic E-state index is 0.324. The number of fused-ring (bicyclic) bond motifs is 1. The summed E-state index contributed by atoms with van der Waals surface area (Å²) in [6.07, 6.45) is 1.45. The van der Waals surface area contributed by atoms with Crippen molar-refractivity contribution < 1.29 is 4.39 Å². The quantitative estimate of drug-likeness (QED) is 0.815. The second kappa shape index (κ2) is 4.40. The lowest BCUT2D eigenvalue weighted by atomic mass is 10.2. The van der Waals surface area contributed by atoms with Gasteiger partial charge in [0.1, 0.15) is 17.5 Å². The van der Waals surface area contributed by atoms with Crippen LogP contribution in [0.1, 0.15) is 12.2 Å². The largest absolute Gasteiger partial charge is 0.383 e. The molecule has 0 amide bonds. The summed E-state index contributed by atoms with van der Waals surface area (Å²) in [5, 5.41) is 0.679. The van der Waals surface area contributed by atoms with Gasteiger partial charge in [0.25, 0.3) is 0 Å². The molecule has 2 aromatic rings. The summed E-state index contributed by atoms with van der Waals surface area (Å²) in [4.78, 5) is 8.40. The third-order valence-corrected chi connectivity index (χ3v) is 2.34. The van der Waals surface area contributed by atoms with Crippen LogP contribution in [0.3, 0.4) is 0 Å². The Morgan fingerprint density at radius 1 is 1.25 bits per heavy atom. The van der Waals surface area contributed by atoms with Gasteiger partial charge in [-0.15, -0.1) is 0 Å². The van der Waals surface area contributed by atoms with Gasteiger partial charge in [-0.05, 0) is 25.1 Å². The van der Waals surface area contributed by atoms with Crippen LogP contribution in [-0.2, 0) is 6.42 Å². The first kappa shape index (κ1) is 10.8. The Morgan fingerprint density at radius 2 is 2.06 bits per heavy atom. The van der Waals surface area contributed by atoms with E-state index >= 15 is 0 Å². The highest BCUT2D eigenvalue weighted by molar-refractivity contribution is 5.87. The van der Waals surface area contributed by atoms with Gasteiger partial charge in [-0.25, -0.2) is 14.4 Å². The number of halogens is 1. The second-order valence-corrected chi connectivity index (χ2v) is 3.58. The monoisotopic (exact) mass is 220 g/mol. The van der Waals surface area contributed by atoms with Crippen LogP contribution in [0.4, 0.5) is 10.2 Å². The van der Waals surface area contributed by atoms with Crippen molar-refractivity contribution in [2.75, 3.05) is 12.3 Å². The zero-order chi connectivity index (χ0) is 11.5. The minimum atomic E-state index is -0.324. The van der Waals surface area contributed by atoms with Crippen LogP contribution in [0.15, 0.2) is 18.2 Å². The van der Waals surface area contributed by atoms with Gasteiger partial charge in [0, 0.05) is 17.9 Å². The van der Waals surface area contributed by atoms with Crippen LogP contribution in [0.25, 0.3) is 10.9 Å². The van der Waals surface area contributed by atoms with E-state index in [9.17, 15) is 4.39 Å². The first-order chi connectivity index (χ1) is 7.70. The molecule has 0 saturated carbocycles. The average molecular weight is 220 g/mol. The van der Waals surface area contributed by atoms with Gasteiger partial charge >= 0.3 is 0 Å². The van der Waals surface area contributed by atoms with Crippen LogP contribution < -0.4 is 11.5 Å². The molecule has 1 aromatic carbocycles. The van der Waals surface area contributed by atoms with E-state index in [2.05, 4.69) is 9.97 Å². The van der Waals surface area contributed by atoms with Gasteiger partial charge in [0.2, 0.25) is 0 Å². The molecule has 0 spiro atoms. The predicted octanol–water partition coefficient (Wildman–Crippen LogP) is 1.24. The molecule has 5 heteroatoms. The van der Waals surface area contributed by atoms with E-state index in [1.165, 1.54) is 12.1 Å². The molecular weight excluding hydrogens is 207 g/mol. The number of nitrogens with two attached hydrogens (primary N) is 2. The zero-order valence-electron chi connectivity index (χ0n) is 8.78. The van der Waals surface area contributed by atoms with Crippen molar-refractivity contribution in [3.05, 3.63) is 29.8 Å². The molecule has 0 bridgehead atoms. The molecule has 0 aliphatic rings. The second-order valence-electron chi connectivity index (χ2n) is 3.58. The Morgan fingerprint density at radius 3 is 2.81 bits per heavy atom. The normalized spacial score (nSPS) is 10.9. The minimum Gasteiger partial charge on any atom is -0.383 e. The summed E-state index contributed by atoms with van der Waals surface area (Å²) in [7, 11) is 0. The van der Waals surface area contributed by atoms with E-state index in [0.717, 1.165) is 6.42 Å². The molecule has 2 rings (SSSR count). The lowest BCUT2D eigenvalue weighted by Gasteiger charge is -2.04. The molecule has 0 radical (unpaired) electrons. The molecule has 4 N–H and O–H groups in total. The summed E-state index contributed by atoms with van der Waals surface area (Å²) in [6.45, 7) is 0.574. The van der Waals surface area contributed by atoms with Gasteiger partial charge in [-0.2, -0.15) is 0 Å². The molecule has 84 valence electrons. The summed E-state index contributed by atoms with van der Waals surface area (Å²) in [5.41, 5.74) is 11.7. The first-order valence-electron chi connectivity index (χ1n) is 5.12.